The van der Waals surface area contributed by atoms with E-state index in [1.165, 1.54) is 13.2 Å². The van der Waals surface area contributed by atoms with Gasteiger partial charge in [0.1, 0.15) is 17.3 Å². The Bertz CT molecular complexity index is 770. The van der Waals surface area contributed by atoms with E-state index in [0.29, 0.717) is 17.1 Å². The quantitative estimate of drug-likeness (QED) is 0.718. The summed E-state index contributed by atoms with van der Waals surface area (Å²) in [5, 5.41) is 19.1. The molecule has 8 heteroatoms. The Morgan fingerprint density at radius 2 is 1.92 bits per heavy atom. The SMILES string of the molecule is COc1ccc(O)c(C(C)NC(=O)C(=O)Nc2ccnn2C(C)C)c1. The zero-order chi connectivity index (χ0) is 18.6. The number of ether oxygens (including phenoxy) is 1. The van der Waals surface area contributed by atoms with Crippen molar-refractivity contribution in [1.29, 1.82) is 0 Å². The van der Waals surface area contributed by atoms with E-state index in [9.17, 15) is 14.7 Å². The molecule has 0 aliphatic rings. The van der Waals surface area contributed by atoms with Crippen LogP contribution in [0.2, 0.25) is 0 Å². The van der Waals surface area contributed by atoms with Gasteiger partial charge in [0.15, 0.2) is 0 Å². The molecule has 0 aliphatic heterocycles. The normalized spacial score (nSPS) is 11.9. The van der Waals surface area contributed by atoms with Crippen LogP contribution in [0, 0.1) is 0 Å². The van der Waals surface area contributed by atoms with E-state index in [2.05, 4.69) is 15.7 Å². The lowest BCUT2D eigenvalue weighted by Crippen LogP contribution is -2.37. The molecule has 1 atom stereocenters. The number of carbonyl (C=O) groups excluding carboxylic acids is 2. The minimum Gasteiger partial charge on any atom is -0.508 e. The van der Waals surface area contributed by atoms with Gasteiger partial charge in [-0.3, -0.25) is 9.59 Å². The highest BCUT2D eigenvalue weighted by molar-refractivity contribution is 6.39. The number of nitrogens with zero attached hydrogens (tertiary/aromatic N) is 2. The first-order valence-corrected chi connectivity index (χ1v) is 7.85. The maximum absolute atomic E-state index is 12.1. The molecule has 1 unspecified atom stereocenters. The zero-order valence-corrected chi connectivity index (χ0v) is 14.6. The lowest BCUT2D eigenvalue weighted by Gasteiger charge is -2.17. The molecule has 1 aromatic carbocycles. The summed E-state index contributed by atoms with van der Waals surface area (Å²) in [4.78, 5) is 24.2. The van der Waals surface area contributed by atoms with Gasteiger partial charge in [0.2, 0.25) is 0 Å². The highest BCUT2D eigenvalue weighted by atomic mass is 16.5. The van der Waals surface area contributed by atoms with Gasteiger partial charge in [-0.25, -0.2) is 4.68 Å². The third kappa shape index (κ3) is 4.28. The van der Waals surface area contributed by atoms with Crippen LogP contribution in [0.3, 0.4) is 0 Å². The molecule has 25 heavy (non-hydrogen) atoms. The van der Waals surface area contributed by atoms with E-state index in [1.807, 2.05) is 13.8 Å². The minimum absolute atomic E-state index is 0.00638. The summed E-state index contributed by atoms with van der Waals surface area (Å²) in [5.41, 5.74) is 0.452. The lowest BCUT2D eigenvalue weighted by molar-refractivity contribution is -0.136. The number of phenols is 1. The van der Waals surface area contributed by atoms with E-state index < -0.39 is 17.9 Å². The van der Waals surface area contributed by atoms with Crippen molar-refractivity contribution in [2.45, 2.75) is 32.9 Å². The van der Waals surface area contributed by atoms with Crippen LogP contribution in [0.1, 0.15) is 38.4 Å². The minimum atomic E-state index is -0.814. The molecule has 0 saturated heterocycles. The van der Waals surface area contributed by atoms with Crippen molar-refractivity contribution in [1.82, 2.24) is 15.1 Å². The smallest absolute Gasteiger partial charge is 0.314 e. The molecule has 2 rings (SSSR count). The third-order valence-electron chi connectivity index (χ3n) is 3.66. The number of benzene rings is 1. The second kappa shape index (κ2) is 7.69. The molecule has 2 aromatic rings. The van der Waals surface area contributed by atoms with Crippen molar-refractivity contribution in [3.63, 3.8) is 0 Å². The van der Waals surface area contributed by atoms with E-state index >= 15 is 0 Å². The summed E-state index contributed by atoms with van der Waals surface area (Å²) in [7, 11) is 1.50. The molecule has 0 spiro atoms. The van der Waals surface area contributed by atoms with Crippen molar-refractivity contribution in [3.8, 4) is 11.5 Å². The number of hydrogen-bond donors (Lipinski definition) is 3. The Labute approximate surface area is 145 Å². The van der Waals surface area contributed by atoms with E-state index in [4.69, 9.17) is 4.74 Å². The number of aromatic hydroxyl groups is 1. The summed E-state index contributed by atoms with van der Waals surface area (Å²) < 4.78 is 6.71. The molecule has 8 nitrogen and oxygen atoms in total. The lowest BCUT2D eigenvalue weighted by atomic mass is 10.1. The molecule has 1 aromatic heterocycles. The van der Waals surface area contributed by atoms with Crippen molar-refractivity contribution in [3.05, 3.63) is 36.0 Å². The number of carbonyl (C=O) groups is 2. The predicted octanol–water partition coefficient (Wildman–Crippen LogP) is 1.99. The first-order valence-electron chi connectivity index (χ1n) is 7.85. The van der Waals surface area contributed by atoms with E-state index in [1.54, 1.807) is 36.0 Å². The fourth-order valence-corrected chi connectivity index (χ4v) is 2.34. The molecule has 1 heterocycles. The summed E-state index contributed by atoms with van der Waals surface area (Å²) in [5.74, 6) is -0.638. The molecule has 2 amide bonds. The summed E-state index contributed by atoms with van der Waals surface area (Å²) >= 11 is 0. The van der Waals surface area contributed by atoms with Crippen LogP contribution >= 0.6 is 0 Å². The predicted molar refractivity (Wildman–Crippen MR) is 92.5 cm³/mol. The fourth-order valence-electron chi connectivity index (χ4n) is 2.34. The molecule has 0 bridgehead atoms. The summed E-state index contributed by atoms with van der Waals surface area (Å²) in [6, 6.07) is 5.75. The number of hydrogen-bond acceptors (Lipinski definition) is 5. The largest absolute Gasteiger partial charge is 0.508 e. The van der Waals surface area contributed by atoms with Gasteiger partial charge in [-0.1, -0.05) is 0 Å². The number of phenolic OH excluding ortho intramolecular Hbond substituents is 1. The average Bonchev–Trinajstić information content (AvgIpc) is 3.03. The Balaban J connectivity index is 2.06. The van der Waals surface area contributed by atoms with Crippen molar-refractivity contribution in [2.24, 2.45) is 0 Å². The van der Waals surface area contributed by atoms with Gasteiger partial charge in [-0.05, 0) is 39.0 Å². The van der Waals surface area contributed by atoms with Crippen LogP contribution in [0.4, 0.5) is 5.82 Å². The number of rotatable bonds is 5. The number of nitrogens with one attached hydrogen (secondary N) is 2. The van der Waals surface area contributed by atoms with Crippen LogP contribution in [0.5, 0.6) is 11.5 Å². The molecule has 134 valence electrons. The Hall–Kier alpha value is -3.03. The highest BCUT2D eigenvalue weighted by Crippen LogP contribution is 2.28. The summed E-state index contributed by atoms with van der Waals surface area (Å²) in [6.45, 7) is 5.49. The molecule has 0 saturated carbocycles. The Morgan fingerprint density at radius 1 is 1.20 bits per heavy atom. The first kappa shape index (κ1) is 18.3. The Kier molecular flexibility index (Phi) is 5.63. The molecule has 0 aliphatic carbocycles. The second-order valence-electron chi connectivity index (χ2n) is 5.83. The maximum Gasteiger partial charge on any atom is 0.314 e. The van der Waals surface area contributed by atoms with Crippen LogP contribution in [-0.4, -0.2) is 33.8 Å². The zero-order valence-electron chi connectivity index (χ0n) is 14.6. The summed E-state index contributed by atoms with van der Waals surface area (Å²) in [6.07, 6.45) is 1.55. The topological polar surface area (TPSA) is 105 Å². The molecular formula is C17H22N4O4. The van der Waals surface area contributed by atoms with E-state index in [-0.39, 0.29) is 11.8 Å². The van der Waals surface area contributed by atoms with Gasteiger partial charge in [-0.15, -0.1) is 0 Å². The second-order valence-corrected chi connectivity index (χ2v) is 5.83. The molecule has 0 radical (unpaired) electrons. The van der Waals surface area contributed by atoms with Gasteiger partial charge in [0.05, 0.1) is 19.3 Å². The molecular weight excluding hydrogens is 324 g/mol. The number of amides is 2. The highest BCUT2D eigenvalue weighted by Gasteiger charge is 2.21. The van der Waals surface area contributed by atoms with Crippen LogP contribution < -0.4 is 15.4 Å². The number of methoxy groups -OCH3 is 1. The number of anilines is 1. The standard InChI is InChI=1S/C17H22N4O4/c1-10(2)21-15(7-8-18-21)20-17(24)16(23)19-11(3)13-9-12(25-4)5-6-14(13)22/h5-11,22H,1-4H3,(H,19,23)(H,20,24). The van der Waals surface area contributed by atoms with Gasteiger partial charge in [-0.2, -0.15) is 5.10 Å². The van der Waals surface area contributed by atoms with Crippen molar-refractivity contribution >= 4 is 17.6 Å². The van der Waals surface area contributed by atoms with Crippen LogP contribution in [-0.2, 0) is 9.59 Å². The van der Waals surface area contributed by atoms with Gasteiger partial charge in [0.25, 0.3) is 0 Å². The average molecular weight is 346 g/mol. The maximum atomic E-state index is 12.1. The van der Waals surface area contributed by atoms with Crippen LogP contribution in [0.25, 0.3) is 0 Å². The molecule has 3 N–H and O–H groups in total. The van der Waals surface area contributed by atoms with Crippen LogP contribution in [0.15, 0.2) is 30.5 Å². The molecule has 0 fully saturated rings. The van der Waals surface area contributed by atoms with Gasteiger partial charge in [0, 0.05) is 17.7 Å². The third-order valence-corrected chi connectivity index (χ3v) is 3.66. The van der Waals surface area contributed by atoms with Gasteiger partial charge < -0.3 is 20.5 Å². The van der Waals surface area contributed by atoms with E-state index in [0.717, 1.165) is 0 Å². The van der Waals surface area contributed by atoms with Gasteiger partial charge >= 0.3 is 11.8 Å². The monoisotopic (exact) mass is 346 g/mol. The fraction of sp³-hybridized carbons (Fsp3) is 0.353. The first-order chi connectivity index (χ1) is 11.8. The van der Waals surface area contributed by atoms with Crippen molar-refractivity contribution < 1.29 is 19.4 Å². The number of aromatic nitrogens is 2. The Morgan fingerprint density at radius 3 is 2.56 bits per heavy atom. The van der Waals surface area contributed by atoms with Crippen molar-refractivity contribution in [2.75, 3.05) is 12.4 Å².